The summed E-state index contributed by atoms with van der Waals surface area (Å²) < 4.78 is 8.40. The van der Waals surface area contributed by atoms with Crippen molar-refractivity contribution in [2.24, 2.45) is 0 Å². The van der Waals surface area contributed by atoms with Crippen molar-refractivity contribution in [2.75, 3.05) is 49.6 Å². The van der Waals surface area contributed by atoms with Gasteiger partial charge in [0, 0.05) is 32.4 Å². The highest BCUT2D eigenvalue weighted by Crippen LogP contribution is 2.31. The SMILES string of the molecule is O=C(NCCNc1ccccn1)c1c(=O)c2ccc(N3CCOCC3)nc2n2c1sc1ccccc12. The number of carbonyl (C=O) groups excluding carboxylic acids is 1. The second-order valence-electron chi connectivity index (χ2n) is 8.45. The molecule has 6 rings (SSSR count). The molecule has 0 unspecified atom stereocenters. The number of rotatable bonds is 6. The summed E-state index contributed by atoms with van der Waals surface area (Å²) in [6.07, 6.45) is 1.70. The topological polar surface area (TPSA) is 101 Å². The fourth-order valence-electron chi connectivity index (χ4n) is 4.47. The van der Waals surface area contributed by atoms with E-state index in [9.17, 15) is 9.59 Å². The highest BCUT2D eigenvalue weighted by Gasteiger charge is 2.23. The molecule has 0 spiro atoms. The van der Waals surface area contributed by atoms with Crippen LogP contribution in [0.2, 0.25) is 0 Å². The van der Waals surface area contributed by atoms with Crippen molar-refractivity contribution in [3.05, 3.63) is 76.6 Å². The van der Waals surface area contributed by atoms with E-state index in [0.717, 1.165) is 34.9 Å². The van der Waals surface area contributed by atoms with Crippen LogP contribution < -0.4 is 21.0 Å². The van der Waals surface area contributed by atoms with Gasteiger partial charge < -0.3 is 20.3 Å². The summed E-state index contributed by atoms with van der Waals surface area (Å²) in [6.45, 7) is 3.60. The van der Waals surface area contributed by atoms with Crippen LogP contribution in [0, 0.1) is 0 Å². The molecule has 0 radical (unpaired) electrons. The maximum atomic E-state index is 13.6. The van der Waals surface area contributed by atoms with Crippen molar-refractivity contribution in [3.8, 4) is 0 Å². The third-order valence-corrected chi connectivity index (χ3v) is 7.36. The molecule has 1 saturated heterocycles. The number of hydrogen-bond acceptors (Lipinski definition) is 8. The van der Waals surface area contributed by atoms with Gasteiger partial charge in [-0.2, -0.15) is 0 Å². The molecule has 2 N–H and O–H groups in total. The monoisotopic (exact) mass is 500 g/mol. The number of benzene rings is 1. The Morgan fingerprint density at radius 2 is 1.86 bits per heavy atom. The number of carbonyl (C=O) groups is 1. The number of ether oxygens (including phenoxy) is 1. The van der Waals surface area contributed by atoms with Crippen LogP contribution in [0.1, 0.15) is 10.4 Å². The van der Waals surface area contributed by atoms with Gasteiger partial charge in [-0.1, -0.05) is 18.2 Å². The molecule has 0 bridgehead atoms. The molecule has 4 aromatic heterocycles. The van der Waals surface area contributed by atoms with E-state index < -0.39 is 5.91 Å². The van der Waals surface area contributed by atoms with Crippen molar-refractivity contribution >= 4 is 55.0 Å². The maximum Gasteiger partial charge on any atom is 0.258 e. The van der Waals surface area contributed by atoms with Crippen molar-refractivity contribution in [3.63, 3.8) is 0 Å². The Morgan fingerprint density at radius 3 is 2.69 bits per heavy atom. The van der Waals surface area contributed by atoms with Crippen molar-refractivity contribution < 1.29 is 9.53 Å². The number of nitrogens with zero attached hydrogens (tertiary/aromatic N) is 4. The van der Waals surface area contributed by atoms with Gasteiger partial charge in [0.15, 0.2) is 5.65 Å². The quantitative estimate of drug-likeness (QED) is 0.346. The molecule has 1 fully saturated rings. The summed E-state index contributed by atoms with van der Waals surface area (Å²) in [5, 5.41) is 6.48. The largest absolute Gasteiger partial charge is 0.378 e. The van der Waals surface area contributed by atoms with E-state index in [0.29, 0.717) is 42.2 Å². The minimum atomic E-state index is -0.397. The lowest BCUT2D eigenvalue weighted by Crippen LogP contribution is -2.37. The molecule has 9 nitrogen and oxygen atoms in total. The van der Waals surface area contributed by atoms with Gasteiger partial charge in [-0.3, -0.25) is 14.0 Å². The number of nitrogens with one attached hydrogen (secondary N) is 2. The van der Waals surface area contributed by atoms with Gasteiger partial charge in [-0.05, 0) is 36.4 Å². The van der Waals surface area contributed by atoms with E-state index in [4.69, 9.17) is 9.72 Å². The molecule has 36 heavy (non-hydrogen) atoms. The minimum absolute atomic E-state index is 0.141. The van der Waals surface area contributed by atoms with Gasteiger partial charge in [-0.15, -0.1) is 11.3 Å². The van der Waals surface area contributed by atoms with Crippen LogP contribution in [0.25, 0.3) is 26.1 Å². The molecule has 1 aliphatic heterocycles. The lowest BCUT2D eigenvalue weighted by molar-refractivity contribution is 0.0956. The van der Waals surface area contributed by atoms with Crippen LogP contribution in [0.15, 0.2) is 65.6 Å². The number of para-hydroxylation sites is 1. The van der Waals surface area contributed by atoms with Crippen molar-refractivity contribution in [1.82, 2.24) is 19.7 Å². The molecule has 10 heteroatoms. The van der Waals surface area contributed by atoms with E-state index in [2.05, 4.69) is 20.5 Å². The third kappa shape index (κ3) is 4.04. The average molecular weight is 501 g/mol. The lowest BCUT2D eigenvalue weighted by atomic mass is 10.1. The van der Waals surface area contributed by atoms with Crippen LogP contribution in [0.5, 0.6) is 0 Å². The van der Waals surface area contributed by atoms with Gasteiger partial charge in [0.05, 0.1) is 28.8 Å². The maximum absolute atomic E-state index is 13.6. The van der Waals surface area contributed by atoms with Crippen LogP contribution >= 0.6 is 11.3 Å². The third-order valence-electron chi connectivity index (χ3n) is 6.22. The molecule has 1 aromatic carbocycles. The van der Waals surface area contributed by atoms with Crippen LogP contribution in [0.4, 0.5) is 11.6 Å². The molecule has 0 saturated carbocycles. The molecular formula is C26H24N6O3S. The smallest absolute Gasteiger partial charge is 0.258 e. The molecule has 5 heterocycles. The Morgan fingerprint density at radius 1 is 1.03 bits per heavy atom. The molecule has 0 aliphatic carbocycles. The highest BCUT2D eigenvalue weighted by molar-refractivity contribution is 7.24. The van der Waals surface area contributed by atoms with E-state index in [1.165, 1.54) is 11.3 Å². The minimum Gasteiger partial charge on any atom is -0.378 e. The molecular weight excluding hydrogens is 476 g/mol. The summed E-state index contributed by atoms with van der Waals surface area (Å²) in [5.41, 5.74) is 1.31. The molecule has 5 aromatic rings. The highest BCUT2D eigenvalue weighted by atomic mass is 32.1. The van der Waals surface area contributed by atoms with Crippen molar-refractivity contribution in [2.45, 2.75) is 0 Å². The summed E-state index contributed by atoms with van der Waals surface area (Å²) in [5.74, 6) is 1.13. The zero-order chi connectivity index (χ0) is 24.5. The van der Waals surface area contributed by atoms with E-state index in [1.54, 1.807) is 12.3 Å². The Bertz CT molecular complexity index is 1630. The first-order chi connectivity index (χ1) is 17.7. The average Bonchev–Trinajstić information content (AvgIpc) is 3.31. The molecule has 1 aliphatic rings. The van der Waals surface area contributed by atoms with Gasteiger partial charge in [-0.25, -0.2) is 9.97 Å². The molecule has 182 valence electrons. The number of anilines is 2. The van der Waals surface area contributed by atoms with E-state index in [-0.39, 0.29) is 11.0 Å². The Balaban J connectivity index is 1.41. The summed E-state index contributed by atoms with van der Waals surface area (Å²) in [7, 11) is 0. The summed E-state index contributed by atoms with van der Waals surface area (Å²) in [4.78, 5) is 38.8. The van der Waals surface area contributed by atoms with Gasteiger partial charge >= 0.3 is 0 Å². The lowest BCUT2D eigenvalue weighted by Gasteiger charge is -2.27. The number of thiazole rings is 1. The number of aromatic nitrogens is 3. The number of hydrogen-bond donors (Lipinski definition) is 2. The zero-order valence-corrected chi connectivity index (χ0v) is 20.3. The number of morpholine rings is 1. The number of amides is 1. The fraction of sp³-hybridized carbons (Fsp3) is 0.231. The Kier molecular flexibility index (Phi) is 5.96. The Hall–Kier alpha value is -4.02. The first kappa shape index (κ1) is 22.4. The molecule has 0 atom stereocenters. The second-order valence-corrected chi connectivity index (χ2v) is 9.48. The standard InChI is InChI=1S/C26H24N6O3S/c33-23-17-8-9-21(31-13-15-35-16-14-31)30-24(17)32-18-5-1-2-6-19(18)36-26(32)22(23)25(34)29-12-11-28-20-7-3-4-10-27-20/h1-10H,11-16H2,(H,27,28)(H,29,34). The van der Waals surface area contributed by atoms with E-state index in [1.807, 2.05) is 52.9 Å². The molecule has 1 amide bonds. The predicted octanol–water partition coefficient (Wildman–Crippen LogP) is 3.14. The zero-order valence-electron chi connectivity index (χ0n) is 19.4. The number of pyridine rings is 3. The van der Waals surface area contributed by atoms with Crippen LogP contribution in [-0.2, 0) is 4.74 Å². The normalized spacial score (nSPS) is 13.9. The first-order valence-electron chi connectivity index (χ1n) is 11.8. The fourth-order valence-corrected chi connectivity index (χ4v) is 5.65. The van der Waals surface area contributed by atoms with E-state index >= 15 is 0 Å². The Labute approximate surface area is 210 Å². The first-order valence-corrected chi connectivity index (χ1v) is 12.7. The summed E-state index contributed by atoms with van der Waals surface area (Å²) >= 11 is 1.43. The van der Waals surface area contributed by atoms with Gasteiger partial charge in [0.25, 0.3) is 5.91 Å². The predicted molar refractivity (Wildman–Crippen MR) is 142 cm³/mol. The summed E-state index contributed by atoms with van der Waals surface area (Å²) in [6, 6.07) is 17.1. The second kappa shape index (κ2) is 9.56. The van der Waals surface area contributed by atoms with Crippen molar-refractivity contribution in [1.29, 1.82) is 0 Å². The van der Waals surface area contributed by atoms with Crippen LogP contribution in [0.3, 0.4) is 0 Å². The van der Waals surface area contributed by atoms with Gasteiger partial charge in [0.1, 0.15) is 22.0 Å². The number of fused-ring (bicyclic) bond motifs is 5. The van der Waals surface area contributed by atoms with Crippen LogP contribution in [-0.4, -0.2) is 59.7 Å². The van der Waals surface area contributed by atoms with Gasteiger partial charge in [0.2, 0.25) is 5.43 Å².